The zero-order valence-electron chi connectivity index (χ0n) is 17.4. The molecule has 4 rings (SSSR count). The van der Waals surface area contributed by atoms with Gasteiger partial charge in [-0.25, -0.2) is 0 Å². The second kappa shape index (κ2) is 8.24. The molecular weight excluding hydrogens is 439 g/mol. The standard InChI is InChI=1S/C22H20Cl2N4O3/c1-12-18(20(26-31-12)19-16(23)6-5-7-17(19)24)21-25-28(13(2)29)22(30-21)14-8-10-15(11-9-14)27(3)4/h5-11,22H,1-4H3. The smallest absolute Gasteiger partial charge is 0.247 e. The van der Waals surface area contributed by atoms with Crippen molar-refractivity contribution in [1.82, 2.24) is 10.2 Å². The number of ether oxygens (including phenoxy) is 1. The summed E-state index contributed by atoms with van der Waals surface area (Å²) in [6, 6.07) is 12.9. The van der Waals surface area contributed by atoms with Gasteiger partial charge in [0, 0.05) is 37.8 Å². The number of aromatic nitrogens is 1. The van der Waals surface area contributed by atoms with Crippen molar-refractivity contribution in [2.45, 2.75) is 20.1 Å². The maximum absolute atomic E-state index is 12.3. The van der Waals surface area contributed by atoms with Gasteiger partial charge in [0.2, 0.25) is 18.0 Å². The van der Waals surface area contributed by atoms with E-state index in [1.165, 1.54) is 11.9 Å². The van der Waals surface area contributed by atoms with E-state index in [2.05, 4.69) is 10.3 Å². The molecule has 0 bridgehead atoms. The molecule has 1 amide bonds. The molecule has 0 saturated carbocycles. The van der Waals surface area contributed by atoms with Crippen molar-refractivity contribution < 1.29 is 14.1 Å². The van der Waals surface area contributed by atoms with Crippen LogP contribution in [0.4, 0.5) is 5.69 Å². The first kappa shape index (κ1) is 21.2. The molecule has 3 aromatic rings. The number of halogens is 2. The first-order valence-corrected chi connectivity index (χ1v) is 10.3. The molecule has 7 nitrogen and oxygen atoms in total. The zero-order chi connectivity index (χ0) is 22.3. The van der Waals surface area contributed by atoms with Gasteiger partial charge in [-0.15, -0.1) is 5.10 Å². The Balaban J connectivity index is 1.76. The Hall–Kier alpha value is -3.03. The van der Waals surface area contributed by atoms with Crippen LogP contribution in [0.5, 0.6) is 0 Å². The lowest BCUT2D eigenvalue weighted by Gasteiger charge is -2.20. The fourth-order valence-electron chi connectivity index (χ4n) is 3.34. The minimum atomic E-state index is -0.715. The summed E-state index contributed by atoms with van der Waals surface area (Å²) < 4.78 is 11.6. The maximum Gasteiger partial charge on any atom is 0.247 e. The summed E-state index contributed by atoms with van der Waals surface area (Å²) in [6.45, 7) is 3.17. The van der Waals surface area contributed by atoms with Gasteiger partial charge in [-0.1, -0.05) is 46.6 Å². The Morgan fingerprint density at radius 3 is 2.29 bits per heavy atom. The molecule has 0 radical (unpaired) electrons. The molecular formula is C22H20Cl2N4O3. The fraction of sp³-hybridized carbons (Fsp3) is 0.227. The van der Waals surface area contributed by atoms with Gasteiger partial charge in [-0.05, 0) is 31.2 Å². The average Bonchev–Trinajstić information content (AvgIpc) is 3.32. The summed E-state index contributed by atoms with van der Waals surface area (Å²) in [7, 11) is 3.92. The highest BCUT2D eigenvalue weighted by molar-refractivity contribution is 6.39. The number of nitrogens with zero attached hydrogens (tertiary/aromatic N) is 4. The van der Waals surface area contributed by atoms with Crippen molar-refractivity contribution >= 4 is 40.7 Å². The molecule has 0 saturated heterocycles. The van der Waals surface area contributed by atoms with Crippen LogP contribution in [0.25, 0.3) is 11.3 Å². The van der Waals surface area contributed by atoms with E-state index in [1.807, 2.05) is 43.3 Å². The number of amides is 1. The van der Waals surface area contributed by atoms with Crippen LogP contribution >= 0.6 is 23.2 Å². The number of aryl methyl sites for hydroxylation is 1. The summed E-state index contributed by atoms with van der Waals surface area (Å²) in [5, 5.41) is 10.7. The molecule has 0 N–H and O–H groups in total. The summed E-state index contributed by atoms with van der Waals surface area (Å²) in [5.41, 5.74) is 3.22. The Kier molecular flexibility index (Phi) is 5.64. The molecule has 0 aliphatic carbocycles. The van der Waals surface area contributed by atoms with Crippen LogP contribution in [-0.2, 0) is 9.53 Å². The first-order chi connectivity index (χ1) is 14.8. The van der Waals surface area contributed by atoms with Crippen molar-refractivity contribution in [3.05, 3.63) is 69.4 Å². The monoisotopic (exact) mass is 458 g/mol. The van der Waals surface area contributed by atoms with Gasteiger partial charge in [0.25, 0.3) is 0 Å². The number of carbonyl (C=O) groups is 1. The van der Waals surface area contributed by atoms with Crippen LogP contribution in [0.3, 0.4) is 0 Å². The van der Waals surface area contributed by atoms with Crippen molar-refractivity contribution in [2.24, 2.45) is 5.10 Å². The van der Waals surface area contributed by atoms with Crippen LogP contribution in [-0.4, -0.2) is 36.1 Å². The van der Waals surface area contributed by atoms with Crippen molar-refractivity contribution in [3.63, 3.8) is 0 Å². The number of rotatable bonds is 4. The van der Waals surface area contributed by atoms with Crippen molar-refractivity contribution in [3.8, 4) is 11.3 Å². The molecule has 0 spiro atoms. The Morgan fingerprint density at radius 1 is 1.06 bits per heavy atom. The lowest BCUT2D eigenvalue weighted by atomic mass is 10.1. The first-order valence-electron chi connectivity index (χ1n) is 9.51. The molecule has 160 valence electrons. The van der Waals surface area contributed by atoms with E-state index in [1.54, 1.807) is 25.1 Å². The molecule has 31 heavy (non-hydrogen) atoms. The highest BCUT2D eigenvalue weighted by atomic mass is 35.5. The van der Waals surface area contributed by atoms with Gasteiger partial charge in [-0.3, -0.25) is 4.79 Å². The second-order valence-corrected chi connectivity index (χ2v) is 8.10. The molecule has 1 atom stereocenters. The van der Waals surface area contributed by atoms with Gasteiger partial charge in [0.05, 0.1) is 10.0 Å². The number of anilines is 1. The summed E-state index contributed by atoms with van der Waals surface area (Å²) >= 11 is 12.8. The molecule has 9 heteroatoms. The third-order valence-corrected chi connectivity index (χ3v) is 5.57. The number of hydrogen-bond donors (Lipinski definition) is 0. The predicted octanol–water partition coefficient (Wildman–Crippen LogP) is 5.26. The highest BCUT2D eigenvalue weighted by Crippen LogP contribution is 2.39. The van der Waals surface area contributed by atoms with Gasteiger partial charge in [0.1, 0.15) is 17.0 Å². The van der Waals surface area contributed by atoms with Gasteiger partial charge in [0.15, 0.2) is 0 Å². The maximum atomic E-state index is 12.3. The minimum Gasteiger partial charge on any atom is -0.446 e. The third kappa shape index (κ3) is 3.86. The Labute approximate surface area is 189 Å². The van der Waals surface area contributed by atoms with E-state index in [4.69, 9.17) is 32.5 Å². The van der Waals surface area contributed by atoms with Crippen LogP contribution in [0.2, 0.25) is 10.0 Å². The van der Waals surface area contributed by atoms with Gasteiger partial charge < -0.3 is 14.2 Å². The Morgan fingerprint density at radius 2 is 1.71 bits per heavy atom. The molecule has 1 aliphatic heterocycles. The Bertz CT molecular complexity index is 1150. The van der Waals surface area contributed by atoms with Crippen molar-refractivity contribution in [1.29, 1.82) is 0 Å². The van der Waals surface area contributed by atoms with Crippen LogP contribution in [0.1, 0.15) is 30.0 Å². The minimum absolute atomic E-state index is 0.210. The topological polar surface area (TPSA) is 71.2 Å². The molecule has 2 aromatic carbocycles. The van der Waals surface area contributed by atoms with Gasteiger partial charge >= 0.3 is 0 Å². The number of carbonyl (C=O) groups excluding carboxylic acids is 1. The van der Waals surface area contributed by atoms with E-state index in [0.717, 1.165) is 11.3 Å². The second-order valence-electron chi connectivity index (χ2n) is 7.28. The van der Waals surface area contributed by atoms with E-state index in [0.29, 0.717) is 32.6 Å². The predicted molar refractivity (Wildman–Crippen MR) is 120 cm³/mol. The van der Waals surface area contributed by atoms with E-state index in [-0.39, 0.29) is 11.8 Å². The van der Waals surface area contributed by atoms with Crippen molar-refractivity contribution in [2.75, 3.05) is 19.0 Å². The largest absolute Gasteiger partial charge is 0.446 e. The SMILES string of the molecule is CC(=O)N1N=C(c2c(-c3c(Cl)cccc3Cl)noc2C)OC1c1ccc(N(C)C)cc1. The third-order valence-electron chi connectivity index (χ3n) is 4.94. The number of hydrazone groups is 1. The average molecular weight is 459 g/mol. The lowest BCUT2D eigenvalue weighted by Crippen LogP contribution is -2.25. The van der Waals surface area contributed by atoms with Crippen LogP contribution in [0, 0.1) is 6.92 Å². The molecule has 2 heterocycles. The number of benzene rings is 2. The quantitative estimate of drug-likeness (QED) is 0.532. The lowest BCUT2D eigenvalue weighted by molar-refractivity contribution is -0.135. The van der Waals surface area contributed by atoms with E-state index < -0.39 is 6.23 Å². The zero-order valence-corrected chi connectivity index (χ0v) is 18.9. The summed E-state index contributed by atoms with van der Waals surface area (Å²) in [5.74, 6) is 0.418. The molecule has 1 aromatic heterocycles. The fourth-order valence-corrected chi connectivity index (χ4v) is 3.92. The van der Waals surface area contributed by atoms with E-state index >= 15 is 0 Å². The molecule has 1 unspecified atom stereocenters. The van der Waals surface area contributed by atoms with Crippen LogP contribution < -0.4 is 4.90 Å². The summed E-state index contributed by atoms with van der Waals surface area (Å²) in [6.07, 6.45) is -0.715. The summed E-state index contributed by atoms with van der Waals surface area (Å²) in [4.78, 5) is 14.3. The van der Waals surface area contributed by atoms with Crippen LogP contribution in [0.15, 0.2) is 52.1 Å². The highest BCUT2D eigenvalue weighted by Gasteiger charge is 2.36. The number of hydrogen-bond acceptors (Lipinski definition) is 6. The molecule has 1 aliphatic rings. The van der Waals surface area contributed by atoms with E-state index in [9.17, 15) is 4.79 Å². The molecule has 0 fully saturated rings. The normalized spacial score (nSPS) is 15.6. The van der Waals surface area contributed by atoms with Gasteiger partial charge in [-0.2, -0.15) is 5.01 Å².